The van der Waals surface area contributed by atoms with Crippen molar-refractivity contribution < 1.29 is 8.42 Å². The fraction of sp³-hybridized carbons (Fsp3) is 0.150. The first-order chi connectivity index (χ1) is 14.3. The molecule has 152 valence electrons. The Bertz CT molecular complexity index is 1530. The zero-order valence-corrected chi connectivity index (χ0v) is 17.4. The van der Waals surface area contributed by atoms with Gasteiger partial charge in [0.05, 0.1) is 32.2 Å². The Kier molecular flexibility index (Phi) is 4.16. The molecular weight excluding hydrogens is 424 g/mol. The van der Waals surface area contributed by atoms with Crippen molar-refractivity contribution in [1.82, 2.24) is 15.0 Å². The molecular formula is C20H16N4O4S2. The van der Waals surface area contributed by atoms with E-state index in [1.165, 1.54) is 22.5 Å². The minimum atomic E-state index is -3.87. The molecule has 1 aliphatic rings. The fourth-order valence-corrected chi connectivity index (χ4v) is 5.86. The number of benzene rings is 2. The second-order valence-electron chi connectivity index (χ2n) is 7.04. The quantitative estimate of drug-likeness (QED) is 0.507. The Labute approximate surface area is 174 Å². The molecule has 0 spiro atoms. The average molecular weight is 441 g/mol. The number of hydrogen-bond acceptors (Lipinski definition) is 6. The smallest absolute Gasteiger partial charge is 0.307 e. The molecule has 2 aromatic heterocycles. The molecule has 2 N–H and O–H groups in total. The van der Waals surface area contributed by atoms with E-state index in [4.69, 9.17) is 0 Å². The zero-order valence-electron chi connectivity index (χ0n) is 15.8. The SMILES string of the molecule is Cc1nc(-c2ccc3c(c2)CCN3S(=O)(=O)c2ccc3[nH]c(=O)[nH]c(=O)c3c2)cs1. The van der Waals surface area contributed by atoms with Crippen LogP contribution in [0, 0.1) is 6.92 Å². The van der Waals surface area contributed by atoms with E-state index in [0.29, 0.717) is 18.7 Å². The first-order valence-corrected chi connectivity index (χ1v) is 11.5. The van der Waals surface area contributed by atoms with Gasteiger partial charge in [-0.05, 0) is 49.2 Å². The molecule has 30 heavy (non-hydrogen) atoms. The normalized spacial score (nSPS) is 13.7. The third-order valence-electron chi connectivity index (χ3n) is 5.15. The lowest BCUT2D eigenvalue weighted by Gasteiger charge is -2.20. The molecule has 3 heterocycles. The van der Waals surface area contributed by atoms with Crippen molar-refractivity contribution in [2.24, 2.45) is 0 Å². The van der Waals surface area contributed by atoms with Gasteiger partial charge < -0.3 is 4.98 Å². The van der Waals surface area contributed by atoms with Crippen LogP contribution in [0.15, 0.2) is 56.3 Å². The molecule has 2 aromatic carbocycles. The van der Waals surface area contributed by atoms with Crippen LogP contribution < -0.4 is 15.6 Å². The predicted molar refractivity (Wildman–Crippen MR) is 116 cm³/mol. The van der Waals surface area contributed by atoms with E-state index in [1.807, 2.05) is 24.4 Å². The first-order valence-electron chi connectivity index (χ1n) is 9.17. The Morgan fingerprint density at radius 3 is 2.70 bits per heavy atom. The maximum atomic E-state index is 13.3. The van der Waals surface area contributed by atoms with E-state index < -0.39 is 21.3 Å². The molecule has 0 amide bonds. The number of hydrogen-bond donors (Lipinski definition) is 2. The molecule has 0 fully saturated rings. The summed E-state index contributed by atoms with van der Waals surface area (Å²) in [6.07, 6.45) is 0.590. The van der Waals surface area contributed by atoms with Crippen LogP contribution >= 0.6 is 11.3 Å². The van der Waals surface area contributed by atoms with Gasteiger partial charge in [0.1, 0.15) is 0 Å². The van der Waals surface area contributed by atoms with Gasteiger partial charge in [-0.1, -0.05) is 6.07 Å². The third kappa shape index (κ3) is 2.96. The van der Waals surface area contributed by atoms with Gasteiger partial charge >= 0.3 is 5.69 Å². The molecule has 4 aromatic rings. The topological polar surface area (TPSA) is 116 Å². The number of aromatic nitrogens is 3. The summed E-state index contributed by atoms with van der Waals surface area (Å²) in [5.74, 6) is 0. The summed E-state index contributed by atoms with van der Waals surface area (Å²) < 4.78 is 28.0. The van der Waals surface area contributed by atoms with Crippen molar-refractivity contribution in [3.8, 4) is 11.3 Å². The summed E-state index contributed by atoms with van der Waals surface area (Å²) in [7, 11) is -3.87. The highest BCUT2D eigenvalue weighted by Crippen LogP contribution is 2.36. The molecule has 1 aliphatic heterocycles. The monoisotopic (exact) mass is 440 g/mol. The molecule has 10 heteroatoms. The summed E-state index contributed by atoms with van der Waals surface area (Å²) in [6, 6.07) is 9.78. The van der Waals surface area contributed by atoms with Crippen molar-refractivity contribution in [2.45, 2.75) is 18.2 Å². The molecule has 0 bridgehead atoms. The molecule has 0 aliphatic carbocycles. The number of H-pyrrole nitrogens is 2. The van der Waals surface area contributed by atoms with Crippen LogP contribution in [0.5, 0.6) is 0 Å². The number of aryl methyl sites for hydroxylation is 1. The van der Waals surface area contributed by atoms with Crippen LogP contribution in [0.3, 0.4) is 0 Å². The number of nitrogens with one attached hydrogen (secondary N) is 2. The van der Waals surface area contributed by atoms with Gasteiger partial charge in [0.25, 0.3) is 15.6 Å². The minimum Gasteiger partial charge on any atom is -0.307 e. The highest BCUT2D eigenvalue weighted by Gasteiger charge is 2.31. The molecule has 5 rings (SSSR count). The lowest BCUT2D eigenvalue weighted by Crippen LogP contribution is -2.29. The van der Waals surface area contributed by atoms with Crippen LogP contribution in [-0.4, -0.2) is 29.9 Å². The summed E-state index contributed by atoms with van der Waals surface area (Å²) in [5, 5.41) is 3.07. The number of rotatable bonds is 3. The van der Waals surface area contributed by atoms with E-state index in [-0.39, 0.29) is 15.8 Å². The number of aromatic amines is 2. The van der Waals surface area contributed by atoms with Gasteiger partial charge in [0, 0.05) is 17.5 Å². The van der Waals surface area contributed by atoms with Crippen molar-refractivity contribution in [3.63, 3.8) is 0 Å². The Morgan fingerprint density at radius 1 is 1.10 bits per heavy atom. The third-order valence-corrected chi connectivity index (χ3v) is 7.73. The minimum absolute atomic E-state index is 0.000369. The first kappa shape index (κ1) is 18.8. The molecule has 0 atom stereocenters. The van der Waals surface area contributed by atoms with E-state index in [9.17, 15) is 18.0 Å². The lowest BCUT2D eigenvalue weighted by molar-refractivity contribution is 0.592. The van der Waals surface area contributed by atoms with Crippen LogP contribution in [0.1, 0.15) is 10.6 Å². The predicted octanol–water partition coefficient (Wildman–Crippen LogP) is 2.40. The summed E-state index contributed by atoms with van der Waals surface area (Å²) in [4.78, 5) is 32.6. The largest absolute Gasteiger partial charge is 0.326 e. The second kappa shape index (κ2) is 6.64. The van der Waals surface area contributed by atoms with Crippen molar-refractivity contribution in [2.75, 3.05) is 10.8 Å². The van der Waals surface area contributed by atoms with Crippen molar-refractivity contribution in [1.29, 1.82) is 0 Å². The van der Waals surface area contributed by atoms with E-state index in [0.717, 1.165) is 21.8 Å². The standard InChI is InChI=1S/C20H16N4O4S2/c1-11-21-17(10-29-11)12-2-5-18-13(8-12)6-7-24(18)30(27,28)14-3-4-16-15(9-14)19(25)23-20(26)22-16/h2-5,8-10H,6-7H2,1H3,(H2,22,23,25,26). The summed E-state index contributed by atoms with van der Waals surface area (Å²) >= 11 is 1.57. The second-order valence-corrected chi connectivity index (χ2v) is 9.96. The Hall–Kier alpha value is -3.24. The van der Waals surface area contributed by atoms with Gasteiger partial charge in [-0.15, -0.1) is 11.3 Å². The average Bonchev–Trinajstić information content (AvgIpc) is 3.33. The summed E-state index contributed by atoms with van der Waals surface area (Å²) in [5.41, 5.74) is 2.42. The van der Waals surface area contributed by atoms with Gasteiger partial charge in [0.15, 0.2) is 0 Å². The highest BCUT2D eigenvalue weighted by molar-refractivity contribution is 7.92. The number of nitrogens with zero attached hydrogens (tertiary/aromatic N) is 2. The Morgan fingerprint density at radius 2 is 1.93 bits per heavy atom. The van der Waals surface area contributed by atoms with Crippen molar-refractivity contribution in [3.05, 3.63) is 73.2 Å². The molecule has 0 radical (unpaired) electrons. The summed E-state index contributed by atoms with van der Waals surface area (Å²) in [6.45, 7) is 2.26. The van der Waals surface area contributed by atoms with Crippen molar-refractivity contribution >= 4 is 38.0 Å². The van der Waals surface area contributed by atoms with E-state index in [1.54, 1.807) is 17.4 Å². The molecule has 8 nitrogen and oxygen atoms in total. The Balaban J connectivity index is 1.56. The highest BCUT2D eigenvalue weighted by atomic mass is 32.2. The van der Waals surface area contributed by atoms with Crippen LogP contribution in [0.25, 0.3) is 22.2 Å². The van der Waals surface area contributed by atoms with Gasteiger partial charge in [-0.25, -0.2) is 18.2 Å². The van der Waals surface area contributed by atoms with Crippen LogP contribution in [0.4, 0.5) is 5.69 Å². The fourth-order valence-electron chi connectivity index (χ4n) is 3.71. The molecule has 0 saturated heterocycles. The number of sulfonamides is 1. The van der Waals surface area contributed by atoms with Gasteiger partial charge in [-0.3, -0.25) is 14.1 Å². The molecule has 0 unspecified atom stereocenters. The number of anilines is 1. The van der Waals surface area contributed by atoms with Gasteiger partial charge in [-0.2, -0.15) is 0 Å². The van der Waals surface area contributed by atoms with E-state index in [2.05, 4.69) is 15.0 Å². The van der Waals surface area contributed by atoms with E-state index >= 15 is 0 Å². The zero-order chi connectivity index (χ0) is 21.0. The lowest BCUT2D eigenvalue weighted by atomic mass is 10.1. The van der Waals surface area contributed by atoms with Gasteiger partial charge in [0.2, 0.25) is 0 Å². The number of fused-ring (bicyclic) bond motifs is 2. The van der Waals surface area contributed by atoms with Crippen LogP contribution in [-0.2, 0) is 16.4 Å². The van der Waals surface area contributed by atoms with Crippen LogP contribution in [0.2, 0.25) is 0 Å². The molecule has 0 saturated carbocycles. The maximum absolute atomic E-state index is 13.3. The number of thiazole rings is 1. The maximum Gasteiger partial charge on any atom is 0.326 e.